The Morgan fingerprint density at radius 2 is 1.92 bits per heavy atom. The highest BCUT2D eigenvalue weighted by Crippen LogP contribution is 2.32. The molecule has 2 aliphatic rings. The predicted molar refractivity (Wildman–Crippen MR) is 95.2 cm³/mol. The Morgan fingerprint density at radius 3 is 2.68 bits per heavy atom. The first-order valence-electron chi connectivity index (χ1n) is 9.23. The summed E-state index contributed by atoms with van der Waals surface area (Å²) >= 11 is 0. The minimum atomic E-state index is 0.0281. The second kappa shape index (κ2) is 7.00. The number of aromatic nitrogens is 1. The number of nitrogens with zero attached hydrogens (tertiary/aromatic N) is 3. The van der Waals surface area contributed by atoms with Gasteiger partial charge >= 0.3 is 0 Å². The van der Waals surface area contributed by atoms with Gasteiger partial charge in [0.15, 0.2) is 12.1 Å². The van der Waals surface area contributed by atoms with Crippen LogP contribution >= 0.6 is 0 Å². The number of benzene rings is 1. The zero-order valence-electron chi connectivity index (χ0n) is 14.7. The van der Waals surface area contributed by atoms with E-state index in [-0.39, 0.29) is 11.9 Å². The smallest absolute Gasteiger partial charge is 0.276 e. The van der Waals surface area contributed by atoms with Crippen molar-refractivity contribution in [3.05, 3.63) is 53.7 Å². The molecule has 0 radical (unpaired) electrons. The van der Waals surface area contributed by atoms with Crippen molar-refractivity contribution in [2.75, 3.05) is 13.1 Å². The Morgan fingerprint density at radius 1 is 1.16 bits per heavy atom. The Balaban J connectivity index is 1.51. The third-order valence-corrected chi connectivity index (χ3v) is 5.59. The van der Waals surface area contributed by atoms with E-state index in [4.69, 9.17) is 4.42 Å². The Hall–Kier alpha value is -2.14. The fourth-order valence-electron chi connectivity index (χ4n) is 4.39. The molecular formula is C20H25N3O2. The van der Waals surface area contributed by atoms with Gasteiger partial charge in [-0.25, -0.2) is 4.98 Å². The lowest BCUT2D eigenvalue weighted by Gasteiger charge is -2.35. The van der Waals surface area contributed by atoms with Crippen LogP contribution in [0.25, 0.3) is 0 Å². The highest BCUT2D eigenvalue weighted by molar-refractivity contribution is 5.93. The van der Waals surface area contributed by atoms with Crippen LogP contribution in [0.5, 0.6) is 0 Å². The number of carbonyl (C=O) groups excluding carboxylic acids is 1. The minimum absolute atomic E-state index is 0.0281. The average molecular weight is 339 g/mol. The Kier molecular flexibility index (Phi) is 4.57. The molecule has 3 heterocycles. The van der Waals surface area contributed by atoms with E-state index in [1.54, 1.807) is 0 Å². The van der Waals surface area contributed by atoms with Crippen molar-refractivity contribution in [2.24, 2.45) is 0 Å². The molecule has 2 fully saturated rings. The van der Waals surface area contributed by atoms with E-state index in [9.17, 15) is 4.79 Å². The SMILES string of the molecule is Cc1ocnc1C(=O)N1CCCC1C1CCCN1Cc1ccccc1. The number of rotatable bonds is 4. The molecule has 1 aromatic carbocycles. The standard InChI is InChI=1S/C20H25N3O2/c1-15-19(21-14-25-15)20(24)23-12-6-10-18(23)17-9-5-11-22(17)13-16-7-3-2-4-8-16/h2-4,7-8,14,17-18H,5-6,9-13H2,1H3. The molecule has 25 heavy (non-hydrogen) atoms. The van der Waals surface area contributed by atoms with Gasteiger partial charge in [0, 0.05) is 25.2 Å². The van der Waals surface area contributed by atoms with E-state index in [0.29, 0.717) is 17.5 Å². The second-order valence-electron chi connectivity index (χ2n) is 7.13. The van der Waals surface area contributed by atoms with Gasteiger partial charge in [0.05, 0.1) is 0 Å². The quantitative estimate of drug-likeness (QED) is 0.858. The zero-order chi connectivity index (χ0) is 17.2. The van der Waals surface area contributed by atoms with Gasteiger partial charge in [-0.15, -0.1) is 0 Å². The van der Waals surface area contributed by atoms with Gasteiger partial charge < -0.3 is 9.32 Å². The third-order valence-electron chi connectivity index (χ3n) is 5.59. The van der Waals surface area contributed by atoms with E-state index in [0.717, 1.165) is 32.5 Å². The summed E-state index contributed by atoms with van der Waals surface area (Å²) in [5.74, 6) is 0.642. The lowest BCUT2D eigenvalue weighted by atomic mass is 10.0. The fourth-order valence-corrected chi connectivity index (χ4v) is 4.39. The maximum absolute atomic E-state index is 12.9. The van der Waals surface area contributed by atoms with E-state index >= 15 is 0 Å². The molecule has 5 nitrogen and oxygen atoms in total. The van der Waals surface area contributed by atoms with Crippen LogP contribution in [0.1, 0.15) is 47.5 Å². The largest absolute Gasteiger partial charge is 0.448 e. The Labute approximate surface area is 148 Å². The number of aryl methyl sites for hydroxylation is 1. The summed E-state index contributed by atoms with van der Waals surface area (Å²) in [4.78, 5) is 21.7. The van der Waals surface area contributed by atoms with Crippen molar-refractivity contribution in [1.82, 2.24) is 14.8 Å². The minimum Gasteiger partial charge on any atom is -0.448 e. The van der Waals surface area contributed by atoms with Crippen LogP contribution in [-0.2, 0) is 6.54 Å². The number of oxazole rings is 1. The first kappa shape index (κ1) is 16.3. The van der Waals surface area contributed by atoms with Crippen LogP contribution < -0.4 is 0 Å². The molecule has 1 amide bonds. The number of hydrogen-bond acceptors (Lipinski definition) is 4. The normalized spacial score (nSPS) is 24.1. The lowest BCUT2D eigenvalue weighted by Crippen LogP contribution is -2.48. The van der Waals surface area contributed by atoms with Crippen molar-refractivity contribution in [1.29, 1.82) is 0 Å². The summed E-state index contributed by atoms with van der Waals surface area (Å²) in [7, 11) is 0. The summed E-state index contributed by atoms with van der Waals surface area (Å²) in [6.45, 7) is 4.71. The fraction of sp³-hybridized carbons (Fsp3) is 0.500. The molecule has 2 aliphatic heterocycles. The van der Waals surface area contributed by atoms with Crippen LogP contribution in [0.2, 0.25) is 0 Å². The molecule has 2 aromatic rings. The molecule has 0 N–H and O–H groups in total. The zero-order valence-corrected chi connectivity index (χ0v) is 14.7. The molecule has 0 aliphatic carbocycles. The topological polar surface area (TPSA) is 49.6 Å². The molecule has 2 unspecified atom stereocenters. The second-order valence-corrected chi connectivity index (χ2v) is 7.13. The van der Waals surface area contributed by atoms with Crippen molar-refractivity contribution < 1.29 is 9.21 Å². The number of hydrogen-bond donors (Lipinski definition) is 0. The van der Waals surface area contributed by atoms with Crippen molar-refractivity contribution in [2.45, 2.75) is 51.2 Å². The molecule has 4 rings (SSSR count). The summed E-state index contributed by atoms with van der Waals surface area (Å²) in [6.07, 6.45) is 5.89. The maximum Gasteiger partial charge on any atom is 0.276 e. The lowest BCUT2D eigenvalue weighted by molar-refractivity contribution is 0.0632. The van der Waals surface area contributed by atoms with Gasteiger partial charge in [-0.1, -0.05) is 30.3 Å². The number of carbonyl (C=O) groups is 1. The molecule has 0 bridgehead atoms. The Bertz CT molecular complexity index is 728. The van der Waals surface area contributed by atoms with Crippen LogP contribution in [0.15, 0.2) is 41.1 Å². The van der Waals surface area contributed by atoms with E-state index in [1.807, 2.05) is 11.8 Å². The summed E-state index contributed by atoms with van der Waals surface area (Å²) < 4.78 is 5.24. The third kappa shape index (κ3) is 3.21. The maximum atomic E-state index is 12.9. The van der Waals surface area contributed by atoms with E-state index in [1.165, 1.54) is 24.8 Å². The molecule has 5 heteroatoms. The molecular weight excluding hydrogens is 314 g/mol. The van der Waals surface area contributed by atoms with Crippen molar-refractivity contribution >= 4 is 5.91 Å². The van der Waals surface area contributed by atoms with Gasteiger partial charge in [-0.05, 0) is 44.7 Å². The summed E-state index contributed by atoms with van der Waals surface area (Å²) in [5.41, 5.74) is 1.82. The summed E-state index contributed by atoms with van der Waals surface area (Å²) in [5, 5.41) is 0. The molecule has 2 atom stereocenters. The summed E-state index contributed by atoms with van der Waals surface area (Å²) in [6, 6.07) is 11.4. The monoisotopic (exact) mass is 339 g/mol. The van der Waals surface area contributed by atoms with E-state index in [2.05, 4.69) is 40.2 Å². The number of amides is 1. The first-order chi connectivity index (χ1) is 12.2. The molecule has 2 saturated heterocycles. The van der Waals surface area contributed by atoms with Gasteiger partial charge in [0.25, 0.3) is 5.91 Å². The molecule has 0 spiro atoms. The first-order valence-corrected chi connectivity index (χ1v) is 9.23. The average Bonchev–Trinajstić information content (AvgIpc) is 3.35. The van der Waals surface area contributed by atoms with Gasteiger partial charge in [-0.2, -0.15) is 0 Å². The molecule has 132 valence electrons. The van der Waals surface area contributed by atoms with Crippen LogP contribution in [-0.4, -0.2) is 45.9 Å². The van der Waals surface area contributed by atoms with Gasteiger partial charge in [0.2, 0.25) is 0 Å². The van der Waals surface area contributed by atoms with Gasteiger partial charge in [-0.3, -0.25) is 9.69 Å². The highest BCUT2D eigenvalue weighted by Gasteiger charge is 2.40. The number of likely N-dealkylation sites (tertiary alicyclic amines) is 2. The molecule has 1 aromatic heterocycles. The predicted octanol–water partition coefficient (Wildman–Crippen LogP) is 3.25. The van der Waals surface area contributed by atoms with Gasteiger partial charge in [0.1, 0.15) is 5.76 Å². The van der Waals surface area contributed by atoms with Crippen molar-refractivity contribution in [3.8, 4) is 0 Å². The van der Waals surface area contributed by atoms with Crippen molar-refractivity contribution in [3.63, 3.8) is 0 Å². The van der Waals surface area contributed by atoms with Crippen LogP contribution in [0, 0.1) is 6.92 Å². The molecule has 0 saturated carbocycles. The van der Waals surface area contributed by atoms with Crippen LogP contribution in [0.4, 0.5) is 0 Å². The van der Waals surface area contributed by atoms with Crippen LogP contribution in [0.3, 0.4) is 0 Å². The van der Waals surface area contributed by atoms with E-state index < -0.39 is 0 Å². The highest BCUT2D eigenvalue weighted by atomic mass is 16.3.